The van der Waals surface area contributed by atoms with Crippen LogP contribution in [0, 0.1) is 5.92 Å². The second kappa shape index (κ2) is 5.90. The predicted octanol–water partition coefficient (Wildman–Crippen LogP) is 3.15. The van der Waals surface area contributed by atoms with Gasteiger partial charge in [-0.3, -0.25) is 4.79 Å². The van der Waals surface area contributed by atoms with Gasteiger partial charge >= 0.3 is 0 Å². The molecule has 0 spiro atoms. The summed E-state index contributed by atoms with van der Waals surface area (Å²) in [5, 5.41) is 0. The number of hydrogen-bond acceptors (Lipinski definition) is 1. The molecular formula is C13H18ClNO. The average Bonchev–Trinajstić information content (AvgIpc) is 2.27. The maximum absolute atomic E-state index is 12.0. The summed E-state index contributed by atoms with van der Waals surface area (Å²) in [7, 11) is 1.83. The van der Waals surface area contributed by atoms with Gasteiger partial charge in [-0.05, 0) is 23.6 Å². The molecule has 0 atom stereocenters. The quantitative estimate of drug-likeness (QED) is 0.740. The fourth-order valence-corrected chi connectivity index (χ4v) is 1.77. The van der Waals surface area contributed by atoms with Crippen molar-refractivity contribution in [3.63, 3.8) is 0 Å². The monoisotopic (exact) mass is 239 g/mol. The van der Waals surface area contributed by atoms with Crippen molar-refractivity contribution in [2.45, 2.75) is 19.7 Å². The minimum Gasteiger partial charge on any atom is -0.341 e. The molecule has 1 aromatic rings. The Balaban J connectivity index is 2.72. The summed E-state index contributed by atoms with van der Waals surface area (Å²) in [6, 6.07) is 7.45. The molecule has 88 valence electrons. The Morgan fingerprint density at radius 1 is 1.31 bits per heavy atom. The zero-order valence-corrected chi connectivity index (χ0v) is 10.8. The normalized spacial score (nSPS) is 10.6. The number of halogens is 1. The molecule has 16 heavy (non-hydrogen) atoms. The Hall–Kier alpha value is -1.02. The Bertz CT molecular complexity index is 345. The number of carbonyl (C=O) groups excluding carboxylic acids is 1. The molecule has 3 heteroatoms. The molecule has 0 N–H and O–H groups in total. The average molecular weight is 240 g/mol. The highest BCUT2D eigenvalue weighted by Crippen LogP contribution is 2.09. The van der Waals surface area contributed by atoms with Crippen molar-refractivity contribution in [1.29, 1.82) is 0 Å². The molecule has 2 nitrogen and oxygen atoms in total. The van der Waals surface area contributed by atoms with Crippen molar-refractivity contribution >= 4 is 17.5 Å². The van der Waals surface area contributed by atoms with Crippen LogP contribution in [0.2, 0.25) is 0 Å². The summed E-state index contributed by atoms with van der Waals surface area (Å²) < 4.78 is 0. The van der Waals surface area contributed by atoms with Crippen LogP contribution in [-0.2, 0) is 5.88 Å². The van der Waals surface area contributed by atoms with Crippen molar-refractivity contribution in [2.75, 3.05) is 13.6 Å². The van der Waals surface area contributed by atoms with Crippen LogP contribution in [0.4, 0.5) is 0 Å². The first kappa shape index (κ1) is 13.0. The Labute approximate surface area is 102 Å². The van der Waals surface area contributed by atoms with E-state index < -0.39 is 0 Å². The molecule has 0 aromatic heterocycles. The summed E-state index contributed by atoms with van der Waals surface area (Å²) in [5.41, 5.74) is 1.75. The molecule has 0 aliphatic rings. The van der Waals surface area contributed by atoms with E-state index in [4.69, 9.17) is 11.6 Å². The Morgan fingerprint density at radius 2 is 1.88 bits per heavy atom. The van der Waals surface area contributed by atoms with Gasteiger partial charge in [-0.15, -0.1) is 11.6 Å². The van der Waals surface area contributed by atoms with Gasteiger partial charge in [0.15, 0.2) is 0 Å². The summed E-state index contributed by atoms with van der Waals surface area (Å²) >= 11 is 5.69. The third-order valence-electron chi connectivity index (χ3n) is 2.34. The molecular weight excluding hydrogens is 222 g/mol. The maximum atomic E-state index is 12.0. The number of amides is 1. The van der Waals surface area contributed by atoms with Crippen LogP contribution in [0.1, 0.15) is 29.8 Å². The van der Waals surface area contributed by atoms with Crippen molar-refractivity contribution in [3.8, 4) is 0 Å². The first-order valence-corrected chi connectivity index (χ1v) is 5.98. The van der Waals surface area contributed by atoms with E-state index in [1.807, 2.05) is 31.3 Å². The van der Waals surface area contributed by atoms with Crippen LogP contribution in [0.5, 0.6) is 0 Å². The van der Waals surface area contributed by atoms with Crippen LogP contribution >= 0.6 is 11.6 Å². The van der Waals surface area contributed by atoms with Crippen LogP contribution in [0.25, 0.3) is 0 Å². The number of carbonyl (C=O) groups is 1. The van der Waals surface area contributed by atoms with E-state index in [-0.39, 0.29) is 5.91 Å². The summed E-state index contributed by atoms with van der Waals surface area (Å²) in [5.74, 6) is 1.03. The van der Waals surface area contributed by atoms with Crippen molar-refractivity contribution < 1.29 is 4.79 Å². The smallest absolute Gasteiger partial charge is 0.253 e. The third-order valence-corrected chi connectivity index (χ3v) is 2.65. The number of benzene rings is 1. The zero-order chi connectivity index (χ0) is 12.1. The predicted molar refractivity (Wildman–Crippen MR) is 67.8 cm³/mol. The van der Waals surface area contributed by atoms with Crippen LogP contribution in [-0.4, -0.2) is 24.4 Å². The number of hydrogen-bond donors (Lipinski definition) is 0. The van der Waals surface area contributed by atoms with Crippen molar-refractivity contribution in [3.05, 3.63) is 35.4 Å². The summed E-state index contributed by atoms with van der Waals surface area (Å²) in [4.78, 5) is 13.7. The number of rotatable bonds is 4. The van der Waals surface area contributed by atoms with Gasteiger partial charge in [-0.2, -0.15) is 0 Å². The third kappa shape index (κ3) is 3.53. The van der Waals surface area contributed by atoms with Gasteiger partial charge < -0.3 is 4.90 Å². The fourth-order valence-electron chi connectivity index (χ4n) is 1.59. The molecule has 0 bridgehead atoms. The van der Waals surface area contributed by atoms with Crippen LogP contribution in [0.3, 0.4) is 0 Å². The molecule has 1 aromatic carbocycles. The summed E-state index contributed by atoms with van der Waals surface area (Å²) in [6.45, 7) is 4.97. The highest BCUT2D eigenvalue weighted by atomic mass is 35.5. The second-order valence-corrected chi connectivity index (χ2v) is 4.68. The molecule has 0 heterocycles. The minimum absolute atomic E-state index is 0.0647. The molecule has 0 fully saturated rings. The van der Waals surface area contributed by atoms with Crippen LogP contribution < -0.4 is 0 Å². The Morgan fingerprint density at radius 3 is 2.31 bits per heavy atom. The lowest BCUT2D eigenvalue weighted by Gasteiger charge is -2.19. The highest BCUT2D eigenvalue weighted by molar-refractivity contribution is 6.17. The van der Waals surface area contributed by atoms with Crippen molar-refractivity contribution in [1.82, 2.24) is 4.90 Å². The molecule has 0 saturated heterocycles. The molecule has 1 rings (SSSR count). The molecule has 1 amide bonds. The lowest BCUT2D eigenvalue weighted by Crippen LogP contribution is -2.30. The van der Waals surface area contributed by atoms with E-state index >= 15 is 0 Å². The van der Waals surface area contributed by atoms with Gasteiger partial charge in [0.2, 0.25) is 0 Å². The first-order valence-electron chi connectivity index (χ1n) is 5.45. The summed E-state index contributed by atoms with van der Waals surface area (Å²) in [6.07, 6.45) is 0. The number of nitrogens with zero attached hydrogens (tertiary/aromatic N) is 1. The lowest BCUT2D eigenvalue weighted by molar-refractivity contribution is 0.0779. The van der Waals surface area contributed by atoms with Gasteiger partial charge in [0.05, 0.1) is 0 Å². The highest BCUT2D eigenvalue weighted by Gasteiger charge is 2.12. The first-order chi connectivity index (χ1) is 7.54. The molecule has 0 aliphatic carbocycles. The van der Waals surface area contributed by atoms with E-state index in [1.165, 1.54) is 0 Å². The van der Waals surface area contributed by atoms with Gasteiger partial charge in [0.1, 0.15) is 0 Å². The largest absolute Gasteiger partial charge is 0.341 e. The van der Waals surface area contributed by atoms with E-state index in [9.17, 15) is 4.79 Å². The van der Waals surface area contributed by atoms with Crippen molar-refractivity contribution in [2.24, 2.45) is 5.92 Å². The minimum atomic E-state index is 0.0647. The molecule has 0 saturated carbocycles. The van der Waals surface area contributed by atoms with Gasteiger partial charge in [0.25, 0.3) is 5.91 Å². The van der Waals surface area contributed by atoms with Gasteiger partial charge in [-0.1, -0.05) is 26.0 Å². The maximum Gasteiger partial charge on any atom is 0.253 e. The topological polar surface area (TPSA) is 20.3 Å². The molecule has 0 unspecified atom stereocenters. The zero-order valence-electron chi connectivity index (χ0n) is 10.0. The van der Waals surface area contributed by atoms with Gasteiger partial charge in [-0.25, -0.2) is 0 Å². The molecule has 0 radical (unpaired) electrons. The van der Waals surface area contributed by atoms with E-state index in [1.54, 1.807) is 4.90 Å². The van der Waals surface area contributed by atoms with E-state index in [2.05, 4.69) is 13.8 Å². The van der Waals surface area contributed by atoms with E-state index in [0.29, 0.717) is 11.8 Å². The molecule has 0 aliphatic heterocycles. The number of alkyl halides is 1. The lowest BCUT2D eigenvalue weighted by atomic mass is 10.1. The Kier molecular flexibility index (Phi) is 4.81. The SMILES string of the molecule is CC(C)CN(C)C(=O)c1ccc(CCl)cc1. The van der Waals surface area contributed by atoms with E-state index in [0.717, 1.165) is 17.7 Å². The fraction of sp³-hybridized carbons (Fsp3) is 0.462. The standard InChI is InChI=1S/C13H18ClNO/c1-10(2)9-15(3)13(16)12-6-4-11(8-14)5-7-12/h4-7,10H,8-9H2,1-3H3. The second-order valence-electron chi connectivity index (χ2n) is 4.41. The van der Waals surface area contributed by atoms with Gasteiger partial charge in [0, 0.05) is 25.0 Å². The van der Waals surface area contributed by atoms with Crippen LogP contribution in [0.15, 0.2) is 24.3 Å².